The maximum Gasteiger partial charge on any atom is 0.351 e. The molecule has 2 aliphatic heterocycles. The van der Waals surface area contributed by atoms with Crippen molar-refractivity contribution in [2.24, 2.45) is 11.1 Å². The van der Waals surface area contributed by atoms with Crippen molar-refractivity contribution in [2.45, 2.75) is 6.04 Å². The van der Waals surface area contributed by atoms with E-state index < -0.39 is 17.9 Å². The van der Waals surface area contributed by atoms with Crippen LogP contribution in [0, 0.1) is 4.91 Å². The molecule has 0 saturated heterocycles. The van der Waals surface area contributed by atoms with Gasteiger partial charge in [0, 0.05) is 23.0 Å². The highest BCUT2D eigenvalue weighted by Crippen LogP contribution is 2.23. The van der Waals surface area contributed by atoms with Crippen LogP contribution in [-0.4, -0.2) is 24.5 Å². The normalized spacial score (nSPS) is 21.2. The van der Waals surface area contributed by atoms with Crippen molar-refractivity contribution in [1.82, 2.24) is 10.6 Å². The molecular weight excluding hydrogens is 240 g/mol. The molecule has 0 bridgehead atoms. The summed E-state index contributed by atoms with van der Waals surface area (Å²) in [4.78, 5) is 37.3. The van der Waals surface area contributed by atoms with Gasteiger partial charge in [-0.3, -0.25) is 4.79 Å². The van der Waals surface area contributed by atoms with E-state index in [4.69, 9.17) is 5.90 Å². The summed E-state index contributed by atoms with van der Waals surface area (Å²) < 4.78 is 0. The fourth-order valence-corrected chi connectivity index (χ4v) is 1.80. The lowest BCUT2D eigenvalue weighted by Gasteiger charge is -2.26. The van der Waals surface area contributed by atoms with Crippen LogP contribution in [-0.2, 0) is 14.4 Å². The number of allylic oxidation sites excluding steroid dienone is 1. The molecule has 1 atom stereocenters. The van der Waals surface area contributed by atoms with Gasteiger partial charge in [-0.25, -0.2) is 4.79 Å². The van der Waals surface area contributed by atoms with E-state index in [1.54, 1.807) is 12.3 Å². The van der Waals surface area contributed by atoms with Gasteiger partial charge >= 0.3 is 11.9 Å². The van der Waals surface area contributed by atoms with Crippen LogP contribution in [0.4, 0.5) is 0 Å². The molecule has 0 fully saturated rings. The van der Waals surface area contributed by atoms with Crippen molar-refractivity contribution in [1.29, 1.82) is 0 Å². The van der Waals surface area contributed by atoms with Crippen LogP contribution in [0.25, 0.3) is 0 Å². The van der Waals surface area contributed by atoms with E-state index in [1.807, 2.05) is 0 Å². The first-order valence-corrected chi connectivity index (χ1v) is 5.07. The topological polar surface area (TPSA) is 123 Å². The first-order chi connectivity index (χ1) is 8.67. The van der Waals surface area contributed by atoms with Crippen molar-refractivity contribution in [3.05, 3.63) is 40.1 Å². The van der Waals surface area contributed by atoms with Crippen molar-refractivity contribution in [3.63, 3.8) is 0 Å². The number of nitrogens with one attached hydrogen (secondary N) is 2. The van der Waals surface area contributed by atoms with E-state index in [1.165, 1.54) is 6.08 Å². The van der Waals surface area contributed by atoms with Crippen molar-refractivity contribution in [2.75, 3.05) is 6.54 Å². The lowest BCUT2D eigenvalue weighted by molar-refractivity contribution is -0.145. The fourth-order valence-electron chi connectivity index (χ4n) is 1.80. The number of nitroso groups, excluding NO2 is 1. The summed E-state index contributed by atoms with van der Waals surface area (Å²) >= 11 is 0. The Hall–Kier alpha value is -2.48. The standard InChI is InChI=1S/C10H10N4O4/c11-18-10(16)8-3-5(9(15)14-17)6-4-12-2-1-7(6)13-8/h1-3,8,12-13H,4,11H2. The molecule has 0 aromatic carbocycles. The number of carbonyl (C=O) groups is 2. The molecule has 0 aliphatic carbocycles. The van der Waals surface area contributed by atoms with Crippen molar-refractivity contribution >= 4 is 11.9 Å². The molecule has 1 unspecified atom stereocenters. The lowest BCUT2D eigenvalue weighted by atomic mass is 9.95. The second kappa shape index (κ2) is 4.80. The molecule has 0 spiro atoms. The predicted molar refractivity (Wildman–Crippen MR) is 60.3 cm³/mol. The van der Waals surface area contributed by atoms with Gasteiger partial charge in [-0.2, -0.15) is 5.90 Å². The SMILES string of the molecule is NOC(=O)C1C=C(C(=O)N=O)C2=C(C=CNC2)N1. The average Bonchev–Trinajstić information content (AvgIpc) is 2.44. The molecule has 1 amide bonds. The fraction of sp³-hybridized carbons (Fsp3) is 0.200. The Balaban J connectivity index is 2.41. The third-order valence-corrected chi connectivity index (χ3v) is 2.62. The lowest BCUT2D eigenvalue weighted by Crippen LogP contribution is -2.42. The van der Waals surface area contributed by atoms with Gasteiger partial charge in [0.2, 0.25) is 0 Å². The molecule has 94 valence electrons. The quantitative estimate of drug-likeness (QED) is 0.422. The average molecular weight is 250 g/mol. The van der Waals surface area contributed by atoms with Gasteiger partial charge in [0.05, 0.1) is 5.57 Å². The number of dihydropyridines is 2. The number of amides is 1. The number of nitrogens with two attached hydrogens (primary N) is 1. The van der Waals surface area contributed by atoms with Gasteiger partial charge in [0.1, 0.15) is 6.04 Å². The van der Waals surface area contributed by atoms with Gasteiger partial charge < -0.3 is 15.5 Å². The number of hydrogen-bond donors (Lipinski definition) is 3. The number of nitrogens with zero attached hydrogens (tertiary/aromatic N) is 1. The highest BCUT2D eigenvalue weighted by Gasteiger charge is 2.30. The minimum atomic E-state index is -0.934. The van der Waals surface area contributed by atoms with Crippen LogP contribution in [0.3, 0.4) is 0 Å². The van der Waals surface area contributed by atoms with Crippen LogP contribution in [0.1, 0.15) is 0 Å². The maximum atomic E-state index is 11.4. The molecule has 2 aliphatic rings. The molecule has 8 nitrogen and oxygen atoms in total. The number of hydrogen-bond acceptors (Lipinski definition) is 7. The van der Waals surface area contributed by atoms with Gasteiger partial charge in [-0.15, -0.1) is 4.91 Å². The van der Waals surface area contributed by atoms with E-state index in [-0.39, 0.29) is 5.57 Å². The molecule has 2 rings (SSSR count). The minimum absolute atomic E-state index is 0.0750. The Morgan fingerprint density at radius 2 is 2.28 bits per heavy atom. The number of rotatable bonds is 2. The van der Waals surface area contributed by atoms with Gasteiger partial charge in [-0.1, -0.05) is 0 Å². The zero-order valence-electron chi connectivity index (χ0n) is 9.17. The molecule has 8 heteroatoms. The Kier molecular flexibility index (Phi) is 3.20. The van der Waals surface area contributed by atoms with Crippen LogP contribution >= 0.6 is 0 Å². The summed E-state index contributed by atoms with van der Waals surface area (Å²) in [5.41, 5.74) is 1.20. The highest BCUT2D eigenvalue weighted by molar-refractivity contribution is 6.00. The third kappa shape index (κ3) is 2.00. The monoisotopic (exact) mass is 250 g/mol. The molecule has 2 heterocycles. The predicted octanol–water partition coefficient (Wildman–Crippen LogP) is -1.03. The van der Waals surface area contributed by atoms with Crippen molar-refractivity contribution in [3.8, 4) is 0 Å². The Morgan fingerprint density at radius 3 is 2.94 bits per heavy atom. The molecule has 18 heavy (non-hydrogen) atoms. The minimum Gasteiger partial charge on any atom is -0.387 e. The first-order valence-electron chi connectivity index (χ1n) is 5.07. The van der Waals surface area contributed by atoms with Crippen LogP contribution < -0.4 is 16.5 Å². The molecule has 0 saturated carbocycles. The summed E-state index contributed by atoms with van der Waals surface area (Å²) in [5, 5.41) is 8.10. The van der Waals surface area contributed by atoms with Gasteiger partial charge in [-0.05, 0) is 18.4 Å². The Bertz CT molecular complexity index is 506. The first kappa shape index (κ1) is 12.0. The maximum absolute atomic E-state index is 11.4. The zero-order chi connectivity index (χ0) is 13.1. The smallest absolute Gasteiger partial charge is 0.351 e. The molecular formula is C10H10N4O4. The van der Waals surface area contributed by atoms with Crippen LogP contribution in [0.15, 0.2) is 40.4 Å². The second-order valence-electron chi connectivity index (χ2n) is 3.64. The molecule has 0 radical (unpaired) electrons. The van der Waals surface area contributed by atoms with Gasteiger partial charge in [0.25, 0.3) is 0 Å². The Morgan fingerprint density at radius 1 is 1.50 bits per heavy atom. The zero-order valence-corrected chi connectivity index (χ0v) is 9.17. The van der Waals surface area contributed by atoms with Gasteiger partial charge in [0.15, 0.2) is 0 Å². The van der Waals surface area contributed by atoms with E-state index >= 15 is 0 Å². The Labute approximate surface area is 101 Å². The van der Waals surface area contributed by atoms with E-state index in [9.17, 15) is 14.5 Å². The molecule has 0 aromatic heterocycles. The summed E-state index contributed by atoms with van der Waals surface area (Å²) in [6, 6.07) is -0.919. The highest BCUT2D eigenvalue weighted by atomic mass is 16.7. The van der Waals surface area contributed by atoms with Crippen molar-refractivity contribution < 1.29 is 14.4 Å². The third-order valence-electron chi connectivity index (χ3n) is 2.62. The van der Waals surface area contributed by atoms with E-state index in [2.05, 4.69) is 20.6 Å². The number of carbonyl (C=O) groups excluding carboxylic acids is 2. The van der Waals surface area contributed by atoms with Crippen LogP contribution in [0.5, 0.6) is 0 Å². The van der Waals surface area contributed by atoms with E-state index in [0.717, 1.165) is 0 Å². The second-order valence-corrected chi connectivity index (χ2v) is 3.64. The summed E-state index contributed by atoms with van der Waals surface area (Å²) in [5.74, 6) is 3.10. The summed E-state index contributed by atoms with van der Waals surface area (Å²) in [7, 11) is 0. The van der Waals surface area contributed by atoms with Crippen LogP contribution in [0.2, 0.25) is 0 Å². The largest absolute Gasteiger partial charge is 0.387 e. The molecule has 4 N–H and O–H groups in total. The molecule has 0 aromatic rings. The van der Waals surface area contributed by atoms with E-state index in [0.29, 0.717) is 17.8 Å². The summed E-state index contributed by atoms with van der Waals surface area (Å²) in [6.45, 7) is 0.357. The summed E-state index contributed by atoms with van der Waals surface area (Å²) in [6.07, 6.45) is 4.57.